The van der Waals surface area contributed by atoms with Crippen molar-refractivity contribution in [2.45, 2.75) is 69.3 Å². The van der Waals surface area contributed by atoms with E-state index in [1.807, 2.05) is 13.8 Å². The lowest BCUT2D eigenvalue weighted by Crippen LogP contribution is -2.63. The van der Waals surface area contributed by atoms with Gasteiger partial charge in [-0.15, -0.1) is 11.3 Å². The van der Waals surface area contributed by atoms with Crippen molar-refractivity contribution in [2.75, 3.05) is 25.0 Å². The molecule has 2 aliphatic rings. The van der Waals surface area contributed by atoms with Crippen molar-refractivity contribution < 1.29 is 23.1 Å². The summed E-state index contributed by atoms with van der Waals surface area (Å²) < 4.78 is 39.8. The number of hydrogen-bond donors (Lipinski definition) is 3. The maximum absolute atomic E-state index is 13.3. The second kappa shape index (κ2) is 10.4. The summed E-state index contributed by atoms with van der Waals surface area (Å²) in [6.45, 7) is 5.16. The van der Waals surface area contributed by atoms with Crippen molar-refractivity contribution in [1.29, 1.82) is 0 Å². The normalized spacial score (nSPS) is 23.0. The van der Waals surface area contributed by atoms with E-state index in [4.69, 9.17) is 0 Å². The van der Waals surface area contributed by atoms with Crippen LogP contribution in [-0.2, 0) is 16.6 Å². The van der Waals surface area contributed by atoms with Gasteiger partial charge in [-0.25, -0.2) is 9.97 Å². The number of nitrogens with zero attached hydrogens (tertiary/aromatic N) is 4. The Kier molecular flexibility index (Phi) is 7.31. The lowest BCUT2D eigenvalue weighted by Gasteiger charge is -2.48. The molecule has 3 N–H and O–H groups in total. The number of alkyl halides is 3. The molecule has 12 heteroatoms. The zero-order chi connectivity index (χ0) is 27.1. The van der Waals surface area contributed by atoms with Crippen molar-refractivity contribution in [3.63, 3.8) is 0 Å². The molecule has 2 fully saturated rings. The van der Waals surface area contributed by atoms with E-state index in [-0.39, 0.29) is 35.6 Å². The molecule has 1 saturated heterocycles. The summed E-state index contributed by atoms with van der Waals surface area (Å²) in [5, 5.41) is 17.1. The Balaban J connectivity index is 1.15. The molecule has 1 aliphatic heterocycles. The fraction of sp³-hybridized carbons (Fsp3) is 0.538. The maximum atomic E-state index is 13.3. The van der Waals surface area contributed by atoms with Crippen molar-refractivity contribution in [2.24, 2.45) is 0 Å². The summed E-state index contributed by atoms with van der Waals surface area (Å²) >= 11 is 1.49. The molecule has 5 rings (SSSR count). The minimum absolute atomic E-state index is 0.0109. The van der Waals surface area contributed by atoms with E-state index in [9.17, 15) is 23.1 Å². The summed E-state index contributed by atoms with van der Waals surface area (Å²) in [4.78, 5) is 28.8. The van der Waals surface area contributed by atoms with Crippen LogP contribution in [0.1, 0.15) is 61.7 Å². The predicted octanol–water partition coefficient (Wildman–Crippen LogP) is 4.27. The highest BCUT2D eigenvalue weighted by atomic mass is 32.1. The molecule has 0 spiro atoms. The van der Waals surface area contributed by atoms with E-state index in [0.29, 0.717) is 30.2 Å². The van der Waals surface area contributed by atoms with Crippen LogP contribution in [0.4, 0.5) is 19.0 Å². The SMILES string of the molecule is CC(C)c1nc(NCC(=O)NC2CN([C@H]3CC[C@@](O)(c4cncs4)CC3)C2)c2cc(C(F)(F)F)ccc2n1. The van der Waals surface area contributed by atoms with Crippen molar-refractivity contribution in [1.82, 2.24) is 25.2 Å². The van der Waals surface area contributed by atoms with E-state index >= 15 is 0 Å². The van der Waals surface area contributed by atoms with Crippen LogP contribution < -0.4 is 10.6 Å². The quantitative estimate of drug-likeness (QED) is 0.405. The Bertz CT molecular complexity index is 1290. The van der Waals surface area contributed by atoms with Gasteiger partial charge in [0.05, 0.1) is 34.1 Å². The minimum Gasteiger partial charge on any atom is -0.384 e. The number of carbonyl (C=O) groups excluding carboxylic acids is 1. The standard InChI is InChI=1S/C26H31F3N6O2S/c1-15(2)23-33-20-4-3-16(26(27,28)29)9-19(20)24(34-23)31-11-22(36)32-17-12-35(13-17)18-5-7-25(37,8-6-18)21-10-30-14-38-21/h3-4,9-10,14-15,17-18,37H,5-8,11-13H2,1-2H3,(H,32,36)(H,31,33,34)/t18-,25-. The number of carbonyl (C=O) groups is 1. The van der Waals surface area contributed by atoms with Gasteiger partial charge in [0.1, 0.15) is 17.2 Å². The molecule has 0 unspecified atom stereocenters. The van der Waals surface area contributed by atoms with Gasteiger partial charge in [-0.2, -0.15) is 13.2 Å². The van der Waals surface area contributed by atoms with Crippen molar-refractivity contribution in [3.8, 4) is 0 Å². The van der Waals surface area contributed by atoms with Gasteiger partial charge in [-0.05, 0) is 43.9 Å². The molecule has 38 heavy (non-hydrogen) atoms. The number of rotatable bonds is 7. The highest BCUT2D eigenvalue weighted by molar-refractivity contribution is 7.09. The van der Waals surface area contributed by atoms with Crippen LogP contribution in [0.2, 0.25) is 0 Å². The Hall–Kier alpha value is -2.83. The molecular formula is C26H31F3N6O2S. The third-order valence-corrected chi connectivity index (χ3v) is 8.40. The van der Waals surface area contributed by atoms with Crippen LogP contribution in [0.3, 0.4) is 0 Å². The second-order valence-corrected chi connectivity index (χ2v) is 11.4. The van der Waals surface area contributed by atoms with E-state index in [1.54, 1.807) is 11.7 Å². The Morgan fingerprint density at radius 3 is 2.61 bits per heavy atom. The van der Waals surface area contributed by atoms with Gasteiger partial charge in [-0.1, -0.05) is 13.8 Å². The molecule has 3 heterocycles. The molecule has 1 aliphatic carbocycles. The average Bonchev–Trinajstić information content (AvgIpc) is 3.40. The highest BCUT2D eigenvalue weighted by Gasteiger charge is 2.41. The van der Waals surface area contributed by atoms with Crippen LogP contribution in [0.15, 0.2) is 29.9 Å². The number of halogens is 3. The largest absolute Gasteiger partial charge is 0.416 e. The molecule has 204 valence electrons. The summed E-state index contributed by atoms with van der Waals surface area (Å²) in [7, 11) is 0. The first kappa shape index (κ1) is 26.8. The van der Waals surface area contributed by atoms with Gasteiger partial charge >= 0.3 is 6.18 Å². The number of likely N-dealkylation sites (tertiary alicyclic amines) is 1. The molecule has 1 amide bonds. The summed E-state index contributed by atoms with van der Waals surface area (Å²) in [5.41, 5.74) is 0.557. The highest BCUT2D eigenvalue weighted by Crippen LogP contribution is 2.41. The van der Waals surface area contributed by atoms with E-state index < -0.39 is 17.3 Å². The molecule has 3 aromatic rings. The monoisotopic (exact) mass is 548 g/mol. The molecule has 1 aromatic carbocycles. The van der Waals surface area contributed by atoms with Gasteiger partial charge in [-0.3, -0.25) is 14.7 Å². The van der Waals surface area contributed by atoms with Crippen LogP contribution in [0.5, 0.6) is 0 Å². The average molecular weight is 549 g/mol. The summed E-state index contributed by atoms with van der Waals surface area (Å²) in [6, 6.07) is 3.74. The van der Waals surface area contributed by atoms with Crippen molar-refractivity contribution in [3.05, 3.63) is 46.2 Å². The molecule has 2 aromatic heterocycles. The number of benzene rings is 1. The number of anilines is 1. The number of aromatic nitrogens is 3. The number of thiazole rings is 1. The topological polar surface area (TPSA) is 103 Å². The molecule has 8 nitrogen and oxygen atoms in total. The van der Waals surface area contributed by atoms with E-state index in [0.717, 1.165) is 42.9 Å². The summed E-state index contributed by atoms with van der Waals surface area (Å²) in [5.74, 6) is 0.424. The van der Waals surface area contributed by atoms with Crippen LogP contribution in [0.25, 0.3) is 10.9 Å². The van der Waals surface area contributed by atoms with Crippen LogP contribution >= 0.6 is 11.3 Å². The Morgan fingerprint density at radius 1 is 1.24 bits per heavy atom. The number of hydrogen-bond acceptors (Lipinski definition) is 8. The Morgan fingerprint density at radius 2 is 1.97 bits per heavy atom. The lowest BCUT2D eigenvalue weighted by atomic mass is 9.80. The number of nitrogens with one attached hydrogen (secondary N) is 2. The Labute approximate surface area is 222 Å². The van der Waals surface area contributed by atoms with Gasteiger partial charge in [0.25, 0.3) is 0 Å². The fourth-order valence-electron chi connectivity index (χ4n) is 5.20. The third-order valence-electron chi connectivity index (χ3n) is 7.44. The number of amides is 1. The molecule has 0 bridgehead atoms. The molecule has 0 radical (unpaired) electrons. The smallest absolute Gasteiger partial charge is 0.384 e. The van der Waals surface area contributed by atoms with Gasteiger partial charge < -0.3 is 15.7 Å². The minimum atomic E-state index is -4.49. The van der Waals surface area contributed by atoms with E-state index in [1.165, 1.54) is 17.4 Å². The maximum Gasteiger partial charge on any atom is 0.416 e. The predicted molar refractivity (Wildman–Crippen MR) is 139 cm³/mol. The van der Waals surface area contributed by atoms with Gasteiger partial charge in [0, 0.05) is 36.6 Å². The van der Waals surface area contributed by atoms with Gasteiger partial charge in [0.2, 0.25) is 5.91 Å². The van der Waals surface area contributed by atoms with Crippen LogP contribution in [-0.4, -0.2) is 62.6 Å². The number of fused-ring (bicyclic) bond motifs is 1. The van der Waals surface area contributed by atoms with E-state index in [2.05, 4.69) is 30.5 Å². The molecule has 1 saturated carbocycles. The van der Waals surface area contributed by atoms with Crippen molar-refractivity contribution >= 4 is 34.0 Å². The molecular weight excluding hydrogens is 517 g/mol. The fourth-order valence-corrected chi connectivity index (χ4v) is 5.98. The second-order valence-electron chi connectivity index (χ2n) is 10.5. The zero-order valence-electron chi connectivity index (χ0n) is 21.3. The third kappa shape index (κ3) is 5.62. The lowest BCUT2D eigenvalue weighted by molar-refractivity contribution is -0.137. The zero-order valence-corrected chi connectivity index (χ0v) is 22.1. The van der Waals surface area contributed by atoms with Crippen LogP contribution in [0, 0.1) is 0 Å². The summed E-state index contributed by atoms with van der Waals surface area (Å²) in [6.07, 6.45) is 0.410. The first-order chi connectivity index (χ1) is 18.0. The molecule has 0 atom stereocenters. The first-order valence-electron chi connectivity index (χ1n) is 12.8. The number of aliphatic hydroxyl groups is 1. The first-order valence-corrected chi connectivity index (χ1v) is 13.7. The van der Waals surface area contributed by atoms with Gasteiger partial charge in [0.15, 0.2) is 0 Å².